The highest BCUT2D eigenvalue weighted by Gasteiger charge is 2.38. The lowest BCUT2D eigenvalue weighted by Gasteiger charge is -2.45. The van der Waals surface area contributed by atoms with Crippen LogP contribution < -0.4 is 5.73 Å². The minimum absolute atomic E-state index is 0.334. The predicted octanol–water partition coefficient (Wildman–Crippen LogP) is 1.94. The van der Waals surface area contributed by atoms with Crippen LogP contribution in [0, 0.1) is 5.92 Å². The van der Waals surface area contributed by atoms with Gasteiger partial charge in [-0.1, -0.05) is 6.92 Å². The molecule has 1 heterocycles. The highest BCUT2D eigenvalue weighted by molar-refractivity contribution is 7.99. The van der Waals surface area contributed by atoms with Gasteiger partial charge in [0.15, 0.2) is 0 Å². The Morgan fingerprint density at radius 3 is 2.73 bits per heavy atom. The van der Waals surface area contributed by atoms with Crippen molar-refractivity contribution in [3.05, 3.63) is 0 Å². The van der Waals surface area contributed by atoms with Gasteiger partial charge in [0.05, 0.1) is 0 Å². The molecule has 0 aromatic rings. The molecule has 1 atom stereocenters. The first-order valence-electron chi connectivity index (χ1n) is 6.33. The Morgan fingerprint density at radius 1 is 1.47 bits per heavy atom. The second-order valence-corrected chi connectivity index (χ2v) is 6.17. The Hall–Kier alpha value is 0.270. The maximum Gasteiger partial charge on any atom is 0.0422 e. The molecule has 2 nitrogen and oxygen atoms in total. The van der Waals surface area contributed by atoms with Crippen molar-refractivity contribution in [2.24, 2.45) is 11.7 Å². The second-order valence-electron chi connectivity index (χ2n) is 5.07. The number of nitrogens with two attached hydrogens (primary N) is 1. The maximum absolute atomic E-state index is 6.06. The molecule has 0 aromatic heterocycles. The Morgan fingerprint density at radius 2 is 2.27 bits per heavy atom. The molecular formula is C12H24N2S. The molecule has 1 unspecified atom stereocenters. The van der Waals surface area contributed by atoms with E-state index in [1.54, 1.807) is 0 Å². The third-order valence-corrected chi connectivity index (χ3v) is 5.23. The molecule has 1 saturated carbocycles. The van der Waals surface area contributed by atoms with Gasteiger partial charge in [-0.05, 0) is 43.9 Å². The smallest absolute Gasteiger partial charge is 0.0422 e. The Kier molecular flexibility index (Phi) is 3.97. The Labute approximate surface area is 98.0 Å². The molecule has 2 N–H and O–H groups in total. The number of hydrogen-bond acceptors (Lipinski definition) is 3. The van der Waals surface area contributed by atoms with Crippen molar-refractivity contribution in [3.8, 4) is 0 Å². The summed E-state index contributed by atoms with van der Waals surface area (Å²) in [5.74, 6) is 3.58. The molecule has 2 rings (SSSR count). The number of thioether (sulfide) groups is 1. The lowest BCUT2D eigenvalue weighted by Crippen LogP contribution is -2.57. The number of likely N-dealkylation sites (N-methyl/N-ethyl adjacent to an activating group) is 1. The highest BCUT2D eigenvalue weighted by Crippen LogP contribution is 2.36. The summed E-state index contributed by atoms with van der Waals surface area (Å²) in [6.45, 7) is 5.61. The van der Waals surface area contributed by atoms with Crippen LogP contribution in [0.2, 0.25) is 0 Å². The molecule has 2 aliphatic rings. The van der Waals surface area contributed by atoms with E-state index in [0.29, 0.717) is 5.54 Å². The molecule has 0 bridgehead atoms. The van der Waals surface area contributed by atoms with E-state index >= 15 is 0 Å². The van der Waals surface area contributed by atoms with Gasteiger partial charge in [-0.3, -0.25) is 4.90 Å². The normalized spacial score (nSPS) is 32.2. The molecular weight excluding hydrogens is 204 g/mol. The van der Waals surface area contributed by atoms with Crippen LogP contribution in [-0.4, -0.2) is 41.6 Å². The average Bonchev–Trinajstić information content (AvgIpc) is 3.10. The van der Waals surface area contributed by atoms with Gasteiger partial charge < -0.3 is 5.73 Å². The van der Waals surface area contributed by atoms with Crippen LogP contribution in [0.25, 0.3) is 0 Å². The predicted molar refractivity (Wildman–Crippen MR) is 68.3 cm³/mol. The largest absolute Gasteiger partial charge is 0.329 e. The highest BCUT2D eigenvalue weighted by atomic mass is 32.2. The van der Waals surface area contributed by atoms with Crippen molar-refractivity contribution >= 4 is 11.8 Å². The zero-order valence-electron chi connectivity index (χ0n) is 9.87. The maximum atomic E-state index is 6.06. The number of hydrogen-bond donors (Lipinski definition) is 1. The average molecular weight is 228 g/mol. The van der Waals surface area contributed by atoms with E-state index in [1.165, 1.54) is 50.3 Å². The van der Waals surface area contributed by atoms with Crippen LogP contribution in [0.15, 0.2) is 0 Å². The third-order valence-electron chi connectivity index (χ3n) is 3.91. The van der Waals surface area contributed by atoms with E-state index in [0.717, 1.165) is 12.5 Å². The van der Waals surface area contributed by atoms with Crippen LogP contribution in [0.4, 0.5) is 0 Å². The lowest BCUT2D eigenvalue weighted by molar-refractivity contribution is 0.103. The molecule has 1 aliphatic heterocycles. The summed E-state index contributed by atoms with van der Waals surface area (Å²) in [6, 6.07) is 0. The summed E-state index contributed by atoms with van der Waals surface area (Å²) in [7, 11) is 0. The van der Waals surface area contributed by atoms with E-state index in [-0.39, 0.29) is 0 Å². The summed E-state index contributed by atoms with van der Waals surface area (Å²) in [5.41, 5.74) is 6.39. The SMILES string of the molecule is CCN(CC1CC1)C1(CN)CCCSC1. The van der Waals surface area contributed by atoms with Crippen LogP contribution in [0.3, 0.4) is 0 Å². The van der Waals surface area contributed by atoms with Gasteiger partial charge in [-0.15, -0.1) is 0 Å². The topological polar surface area (TPSA) is 29.3 Å². The fraction of sp³-hybridized carbons (Fsp3) is 1.00. The molecule has 2 fully saturated rings. The first kappa shape index (κ1) is 11.7. The second kappa shape index (κ2) is 5.07. The molecule has 1 saturated heterocycles. The quantitative estimate of drug-likeness (QED) is 0.780. The monoisotopic (exact) mass is 228 g/mol. The van der Waals surface area contributed by atoms with Crippen LogP contribution in [-0.2, 0) is 0 Å². The van der Waals surface area contributed by atoms with Crippen molar-refractivity contribution < 1.29 is 0 Å². The van der Waals surface area contributed by atoms with Gasteiger partial charge in [0.2, 0.25) is 0 Å². The summed E-state index contributed by atoms with van der Waals surface area (Å²) >= 11 is 2.10. The van der Waals surface area contributed by atoms with Crippen LogP contribution >= 0.6 is 11.8 Å². The van der Waals surface area contributed by atoms with E-state index in [2.05, 4.69) is 23.6 Å². The van der Waals surface area contributed by atoms with Gasteiger partial charge in [0.1, 0.15) is 0 Å². The van der Waals surface area contributed by atoms with E-state index in [1.807, 2.05) is 0 Å². The lowest BCUT2D eigenvalue weighted by atomic mass is 9.92. The van der Waals surface area contributed by atoms with E-state index in [4.69, 9.17) is 5.73 Å². The fourth-order valence-corrected chi connectivity index (χ4v) is 3.96. The summed E-state index contributed by atoms with van der Waals surface area (Å²) in [6.07, 6.45) is 5.56. The molecule has 15 heavy (non-hydrogen) atoms. The van der Waals surface area contributed by atoms with Crippen molar-refractivity contribution in [2.45, 2.75) is 38.1 Å². The third kappa shape index (κ3) is 2.69. The van der Waals surface area contributed by atoms with E-state index < -0.39 is 0 Å². The zero-order chi connectivity index (χ0) is 10.7. The van der Waals surface area contributed by atoms with Gasteiger partial charge >= 0.3 is 0 Å². The fourth-order valence-electron chi connectivity index (χ4n) is 2.65. The molecule has 3 heteroatoms. The molecule has 0 spiro atoms. The number of nitrogens with zero attached hydrogens (tertiary/aromatic N) is 1. The van der Waals surface area contributed by atoms with Crippen molar-refractivity contribution in [3.63, 3.8) is 0 Å². The van der Waals surface area contributed by atoms with Gasteiger partial charge in [0, 0.05) is 24.4 Å². The first-order chi connectivity index (χ1) is 7.30. The number of rotatable bonds is 5. The minimum Gasteiger partial charge on any atom is -0.329 e. The molecule has 0 radical (unpaired) electrons. The van der Waals surface area contributed by atoms with Crippen LogP contribution in [0.1, 0.15) is 32.6 Å². The molecule has 0 amide bonds. The van der Waals surface area contributed by atoms with Gasteiger partial charge in [-0.25, -0.2) is 0 Å². The summed E-state index contributed by atoms with van der Waals surface area (Å²) in [5, 5.41) is 0. The van der Waals surface area contributed by atoms with Crippen LogP contribution in [0.5, 0.6) is 0 Å². The standard InChI is InChI=1S/C12H24N2S/c1-2-14(8-11-4-5-11)12(9-13)6-3-7-15-10-12/h11H,2-10,13H2,1H3. The Balaban J connectivity index is 1.99. The zero-order valence-corrected chi connectivity index (χ0v) is 10.7. The first-order valence-corrected chi connectivity index (χ1v) is 7.49. The molecule has 88 valence electrons. The van der Waals surface area contributed by atoms with Gasteiger partial charge in [0.25, 0.3) is 0 Å². The van der Waals surface area contributed by atoms with Crippen molar-refractivity contribution in [1.82, 2.24) is 4.90 Å². The Bertz CT molecular complexity index is 198. The summed E-state index contributed by atoms with van der Waals surface area (Å²) in [4.78, 5) is 2.68. The minimum atomic E-state index is 0.334. The molecule has 0 aromatic carbocycles. The van der Waals surface area contributed by atoms with E-state index in [9.17, 15) is 0 Å². The van der Waals surface area contributed by atoms with Crippen molar-refractivity contribution in [1.29, 1.82) is 0 Å². The van der Waals surface area contributed by atoms with Crippen molar-refractivity contribution in [2.75, 3.05) is 31.1 Å². The summed E-state index contributed by atoms with van der Waals surface area (Å²) < 4.78 is 0. The van der Waals surface area contributed by atoms with Gasteiger partial charge in [-0.2, -0.15) is 11.8 Å². The molecule has 1 aliphatic carbocycles.